The lowest BCUT2D eigenvalue weighted by atomic mass is 10.2. The van der Waals surface area contributed by atoms with Crippen molar-refractivity contribution in [1.82, 2.24) is 19.7 Å². The van der Waals surface area contributed by atoms with Gasteiger partial charge in [-0.25, -0.2) is 14.6 Å². The molecule has 0 aromatic carbocycles. The van der Waals surface area contributed by atoms with E-state index in [1.165, 1.54) is 0 Å². The van der Waals surface area contributed by atoms with Crippen molar-refractivity contribution >= 4 is 17.2 Å². The number of nitrogens with zero attached hydrogens (tertiary/aromatic N) is 4. The summed E-state index contributed by atoms with van der Waals surface area (Å²) in [6, 6.07) is 7.66. The minimum Gasteiger partial charge on any atom is -0.384 e. The van der Waals surface area contributed by atoms with E-state index < -0.39 is 0 Å². The van der Waals surface area contributed by atoms with Gasteiger partial charge in [-0.15, -0.1) is 16.4 Å². The van der Waals surface area contributed by atoms with Crippen molar-refractivity contribution in [3.8, 4) is 22.1 Å². The number of nitrogens with two attached hydrogens (primary N) is 1. The molecule has 0 spiro atoms. The van der Waals surface area contributed by atoms with Gasteiger partial charge in [0.1, 0.15) is 5.82 Å². The Hall–Kier alpha value is -2.21. The lowest BCUT2D eigenvalue weighted by Crippen LogP contribution is -1.96. The largest absolute Gasteiger partial charge is 0.384 e. The molecule has 3 aromatic heterocycles. The van der Waals surface area contributed by atoms with Crippen molar-refractivity contribution in [3.05, 3.63) is 35.8 Å². The van der Waals surface area contributed by atoms with E-state index in [0.29, 0.717) is 5.82 Å². The van der Waals surface area contributed by atoms with Crippen LogP contribution in [-0.4, -0.2) is 19.7 Å². The van der Waals surface area contributed by atoms with Gasteiger partial charge in [-0.05, 0) is 23.6 Å². The topological polar surface area (TPSA) is 69.6 Å². The molecule has 0 aliphatic rings. The zero-order chi connectivity index (χ0) is 12.5. The predicted octanol–water partition coefficient (Wildman–Crippen LogP) is 2.19. The second-order valence-corrected chi connectivity index (χ2v) is 4.78. The highest BCUT2D eigenvalue weighted by Crippen LogP contribution is 2.25. The average molecular weight is 257 g/mol. The summed E-state index contributed by atoms with van der Waals surface area (Å²) in [5, 5.41) is 6.42. The van der Waals surface area contributed by atoms with Crippen molar-refractivity contribution in [2.75, 3.05) is 5.73 Å². The Morgan fingerprint density at radius 1 is 1.33 bits per heavy atom. The number of nitrogen functional groups attached to an aromatic ring is 1. The van der Waals surface area contributed by atoms with Gasteiger partial charge in [0.25, 0.3) is 0 Å². The maximum atomic E-state index is 5.68. The molecule has 3 aromatic rings. The van der Waals surface area contributed by atoms with Crippen molar-refractivity contribution in [2.24, 2.45) is 7.05 Å². The summed E-state index contributed by atoms with van der Waals surface area (Å²) in [6.45, 7) is 0. The van der Waals surface area contributed by atoms with Gasteiger partial charge < -0.3 is 5.73 Å². The molecule has 2 N–H and O–H groups in total. The third kappa shape index (κ3) is 1.86. The van der Waals surface area contributed by atoms with E-state index >= 15 is 0 Å². The predicted molar refractivity (Wildman–Crippen MR) is 72.0 cm³/mol. The van der Waals surface area contributed by atoms with Crippen LogP contribution in [-0.2, 0) is 7.05 Å². The Balaban J connectivity index is 2.09. The molecular weight excluding hydrogens is 246 g/mol. The number of hydrogen-bond donors (Lipinski definition) is 1. The first-order valence-electron chi connectivity index (χ1n) is 5.41. The molecule has 18 heavy (non-hydrogen) atoms. The standard InChI is InChI=1S/C12H11N5S/c1-17-12(8-4-5-14-10(13)7-8)15-11(16-17)9-3-2-6-18-9/h2-7H,1H3,(H2,13,14). The molecule has 0 atom stereocenters. The van der Waals surface area contributed by atoms with Gasteiger partial charge in [0, 0.05) is 18.8 Å². The third-order valence-corrected chi connectivity index (χ3v) is 3.41. The van der Waals surface area contributed by atoms with Crippen LogP contribution in [0.4, 0.5) is 5.82 Å². The van der Waals surface area contributed by atoms with Crippen LogP contribution in [0.15, 0.2) is 35.8 Å². The molecule has 0 bridgehead atoms. The van der Waals surface area contributed by atoms with Crippen LogP contribution in [0.1, 0.15) is 0 Å². The summed E-state index contributed by atoms with van der Waals surface area (Å²) in [7, 11) is 1.87. The van der Waals surface area contributed by atoms with Crippen molar-refractivity contribution in [3.63, 3.8) is 0 Å². The van der Waals surface area contributed by atoms with Gasteiger partial charge in [-0.2, -0.15) is 0 Å². The number of hydrogen-bond acceptors (Lipinski definition) is 5. The monoisotopic (exact) mass is 257 g/mol. The highest BCUT2D eigenvalue weighted by Gasteiger charge is 2.11. The molecule has 0 radical (unpaired) electrons. The number of aryl methyl sites for hydroxylation is 1. The minimum absolute atomic E-state index is 0.480. The van der Waals surface area contributed by atoms with Crippen LogP contribution in [0.3, 0.4) is 0 Å². The third-order valence-electron chi connectivity index (χ3n) is 2.54. The van der Waals surface area contributed by atoms with Crippen LogP contribution in [0.25, 0.3) is 22.1 Å². The van der Waals surface area contributed by atoms with Gasteiger partial charge in [0.2, 0.25) is 0 Å². The number of thiophene rings is 1. The molecule has 3 rings (SSSR count). The summed E-state index contributed by atoms with van der Waals surface area (Å²) < 4.78 is 1.75. The summed E-state index contributed by atoms with van der Waals surface area (Å²) >= 11 is 1.62. The van der Waals surface area contributed by atoms with Crippen molar-refractivity contribution in [1.29, 1.82) is 0 Å². The Bertz CT molecular complexity index is 672. The molecule has 0 saturated carbocycles. The zero-order valence-electron chi connectivity index (χ0n) is 9.74. The van der Waals surface area contributed by atoms with E-state index in [-0.39, 0.29) is 0 Å². The molecule has 6 heteroatoms. The minimum atomic E-state index is 0.480. The summed E-state index contributed by atoms with van der Waals surface area (Å²) in [5.41, 5.74) is 6.60. The molecule has 3 heterocycles. The van der Waals surface area contributed by atoms with Crippen LogP contribution in [0.5, 0.6) is 0 Å². The van der Waals surface area contributed by atoms with Crippen LogP contribution in [0.2, 0.25) is 0 Å². The SMILES string of the molecule is Cn1nc(-c2cccs2)nc1-c1ccnc(N)c1. The fraction of sp³-hybridized carbons (Fsp3) is 0.0833. The number of rotatable bonds is 2. The molecular formula is C12H11N5S. The molecule has 0 aliphatic heterocycles. The first-order valence-corrected chi connectivity index (χ1v) is 6.29. The molecule has 90 valence electrons. The highest BCUT2D eigenvalue weighted by molar-refractivity contribution is 7.13. The van der Waals surface area contributed by atoms with E-state index in [1.54, 1.807) is 28.3 Å². The Kier molecular flexibility index (Phi) is 2.56. The second-order valence-electron chi connectivity index (χ2n) is 3.83. The number of anilines is 1. The molecule has 0 amide bonds. The Morgan fingerprint density at radius 3 is 2.94 bits per heavy atom. The zero-order valence-corrected chi connectivity index (χ0v) is 10.6. The van der Waals surface area contributed by atoms with Gasteiger partial charge in [-0.3, -0.25) is 0 Å². The van der Waals surface area contributed by atoms with E-state index in [2.05, 4.69) is 15.1 Å². The molecule has 0 fully saturated rings. The molecule has 5 nitrogen and oxygen atoms in total. The van der Waals surface area contributed by atoms with E-state index in [1.807, 2.05) is 30.6 Å². The first-order chi connectivity index (χ1) is 8.74. The van der Waals surface area contributed by atoms with Crippen molar-refractivity contribution in [2.45, 2.75) is 0 Å². The molecule has 0 aliphatic carbocycles. The van der Waals surface area contributed by atoms with E-state index in [9.17, 15) is 0 Å². The quantitative estimate of drug-likeness (QED) is 0.764. The fourth-order valence-corrected chi connectivity index (χ4v) is 2.39. The van der Waals surface area contributed by atoms with Crippen LogP contribution >= 0.6 is 11.3 Å². The maximum absolute atomic E-state index is 5.68. The number of aromatic nitrogens is 4. The normalized spacial score (nSPS) is 10.7. The summed E-state index contributed by atoms with van der Waals surface area (Å²) in [5.74, 6) is 2.00. The van der Waals surface area contributed by atoms with Crippen LogP contribution < -0.4 is 5.73 Å². The number of pyridine rings is 1. The molecule has 0 unspecified atom stereocenters. The van der Waals surface area contributed by atoms with Gasteiger partial charge in [-0.1, -0.05) is 6.07 Å². The average Bonchev–Trinajstić information content (AvgIpc) is 2.97. The summed E-state index contributed by atoms with van der Waals surface area (Å²) in [4.78, 5) is 9.57. The smallest absolute Gasteiger partial charge is 0.191 e. The van der Waals surface area contributed by atoms with Crippen LogP contribution in [0, 0.1) is 0 Å². The second kappa shape index (κ2) is 4.23. The van der Waals surface area contributed by atoms with E-state index in [0.717, 1.165) is 22.1 Å². The maximum Gasteiger partial charge on any atom is 0.191 e. The summed E-state index contributed by atoms with van der Waals surface area (Å²) in [6.07, 6.45) is 1.67. The van der Waals surface area contributed by atoms with E-state index in [4.69, 9.17) is 5.73 Å². The lowest BCUT2D eigenvalue weighted by Gasteiger charge is -1.99. The van der Waals surface area contributed by atoms with Crippen molar-refractivity contribution < 1.29 is 0 Å². The van der Waals surface area contributed by atoms with Gasteiger partial charge >= 0.3 is 0 Å². The Labute approximate surface area is 108 Å². The molecule has 0 saturated heterocycles. The Morgan fingerprint density at radius 2 is 2.22 bits per heavy atom. The highest BCUT2D eigenvalue weighted by atomic mass is 32.1. The fourth-order valence-electron chi connectivity index (χ4n) is 1.73. The lowest BCUT2D eigenvalue weighted by molar-refractivity contribution is 0.777. The first kappa shape index (κ1) is 10.9. The van der Waals surface area contributed by atoms with Gasteiger partial charge in [0.15, 0.2) is 11.6 Å². The van der Waals surface area contributed by atoms with Gasteiger partial charge in [0.05, 0.1) is 4.88 Å².